The van der Waals surface area contributed by atoms with Crippen molar-refractivity contribution in [1.29, 1.82) is 0 Å². The molecule has 1 aliphatic heterocycles. The van der Waals surface area contributed by atoms with E-state index in [9.17, 15) is 4.79 Å². The summed E-state index contributed by atoms with van der Waals surface area (Å²) in [7, 11) is 4.71. The van der Waals surface area contributed by atoms with Crippen molar-refractivity contribution in [1.82, 2.24) is 5.32 Å². The Hall–Kier alpha value is -2.11. The van der Waals surface area contributed by atoms with E-state index in [4.69, 9.17) is 18.9 Å². The standard InChI is InChI=1S/C13H17NO5/c1-16-8-6-10(17-2)12(11(7-8)18-3)9-4-5-19-13(15)14-9/h6-7,9H,4-5H2,1-3H3,(H,14,15)/t9-/m0/s1. The zero-order valence-electron chi connectivity index (χ0n) is 11.2. The molecule has 1 fully saturated rings. The van der Waals surface area contributed by atoms with Crippen molar-refractivity contribution in [3.8, 4) is 17.2 Å². The second-order valence-corrected chi connectivity index (χ2v) is 4.07. The van der Waals surface area contributed by atoms with Crippen molar-refractivity contribution in [2.45, 2.75) is 12.5 Å². The maximum absolute atomic E-state index is 11.3. The lowest BCUT2D eigenvalue weighted by Gasteiger charge is -2.26. The van der Waals surface area contributed by atoms with Crippen LogP contribution in [0.15, 0.2) is 12.1 Å². The molecule has 0 aromatic heterocycles. The highest BCUT2D eigenvalue weighted by Gasteiger charge is 2.27. The second kappa shape index (κ2) is 5.69. The molecule has 6 heteroatoms. The number of rotatable bonds is 4. The number of hydrogen-bond donors (Lipinski definition) is 1. The van der Waals surface area contributed by atoms with Crippen LogP contribution in [0.1, 0.15) is 18.0 Å². The smallest absolute Gasteiger partial charge is 0.407 e. The number of amides is 1. The number of benzene rings is 1. The zero-order valence-corrected chi connectivity index (χ0v) is 11.2. The van der Waals surface area contributed by atoms with Crippen LogP contribution in [-0.4, -0.2) is 34.0 Å². The van der Waals surface area contributed by atoms with Gasteiger partial charge in [0.25, 0.3) is 0 Å². The van der Waals surface area contributed by atoms with E-state index in [1.54, 1.807) is 33.5 Å². The largest absolute Gasteiger partial charge is 0.496 e. The lowest BCUT2D eigenvalue weighted by Crippen LogP contribution is -2.35. The number of cyclic esters (lactones) is 1. The Labute approximate surface area is 111 Å². The maximum atomic E-state index is 11.3. The van der Waals surface area contributed by atoms with Gasteiger partial charge >= 0.3 is 6.09 Å². The van der Waals surface area contributed by atoms with Gasteiger partial charge in [-0.3, -0.25) is 0 Å². The van der Waals surface area contributed by atoms with Gasteiger partial charge in [0.05, 0.1) is 39.5 Å². The van der Waals surface area contributed by atoms with Crippen molar-refractivity contribution in [3.63, 3.8) is 0 Å². The molecule has 1 aromatic carbocycles. The molecule has 1 atom stereocenters. The van der Waals surface area contributed by atoms with Gasteiger partial charge in [0.1, 0.15) is 17.2 Å². The highest BCUT2D eigenvalue weighted by molar-refractivity contribution is 5.69. The van der Waals surface area contributed by atoms with Gasteiger partial charge in [0.15, 0.2) is 0 Å². The lowest BCUT2D eigenvalue weighted by atomic mass is 10.0. The summed E-state index contributed by atoms with van der Waals surface area (Å²) in [5.74, 6) is 1.86. The Kier molecular flexibility index (Phi) is 3.99. The molecule has 0 unspecified atom stereocenters. The van der Waals surface area contributed by atoms with E-state index in [2.05, 4.69) is 5.32 Å². The Morgan fingerprint density at radius 2 is 1.79 bits per heavy atom. The molecule has 0 aliphatic carbocycles. The summed E-state index contributed by atoms with van der Waals surface area (Å²) in [6, 6.07) is 3.33. The molecule has 1 heterocycles. The highest BCUT2D eigenvalue weighted by atomic mass is 16.6. The van der Waals surface area contributed by atoms with Crippen molar-refractivity contribution in [3.05, 3.63) is 17.7 Å². The summed E-state index contributed by atoms with van der Waals surface area (Å²) in [5, 5.41) is 2.76. The molecule has 1 aliphatic rings. The Morgan fingerprint density at radius 3 is 2.26 bits per heavy atom. The van der Waals surface area contributed by atoms with E-state index in [0.717, 1.165) is 5.56 Å². The number of hydrogen-bond acceptors (Lipinski definition) is 5. The van der Waals surface area contributed by atoms with E-state index in [1.807, 2.05) is 0 Å². The molecule has 0 saturated carbocycles. The van der Waals surface area contributed by atoms with E-state index in [0.29, 0.717) is 30.3 Å². The van der Waals surface area contributed by atoms with Gasteiger partial charge < -0.3 is 24.3 Å². The quantitative estimate of drug-likeness (QED) is 0.902. The summed E-state index contributed by atoms with van der Waals surface area (Å²) in [6.45, 7) is 0.370. The van der Waals surface area contributed by atoms with Crippen LogP contribution in [0.4, 0.5) is 4.79 Å². The Morgan fingerprint density at radius 1 is 1.16 bits per heavy atom. The van der Waals surface area contributed by atoms with Gasteiger partial charge in [-0.25, -0.2) is 4.79 Å². The molecule has 1 saturated heterocycles. The van der Waals surface area contributed by atoms with Crippen molar-refractivity contribution in [2.75, 3.05) is 27.9 Å². The molecular formula is C13H17NO5. The molecule has 0 bridgehead atoms. The maximum Gasteiger partial charge on any atom is 0.407 e. The molecule has 1 amide bonds. The lowest BCUT2D eigenvalue weighted by molar-refractivity contribution is 0.114. The van der Waals surface area contributed by atoms with Crippen LogP contribution in [0.3, 0.4) is 0 Å². The molecular weight excluding hydrogens is 250 g/mol. The number of methoxy groups -OCH3 is 3. The van der Waals surface area contributed by atoms with Gasteiger partial charge in [-0.15, -0.1) is 0 Å². The molecule has 0 spiro atoms. The molecule has 19 heavy (non-hydrogen) atoms. The molecule has 2 rings (SSSR count). The third-order valence-electron chi connectivity index (χ3n) is 3.03. The van der Waals surface area contributed by atoms with Gasteiger partial charge in [-0.1, -0.05) is 0 Å². The molecule has 1 aromatic rings. The minimum absolute atomic E-state index is 0.197. The van der Waals surface area contributed by atoms with Crippen LogP contribution in [0.5, 0.6) is 17.2 Å². The molecule has 0 radical (unpaired) electrons. The SMILES string of the molecule is COc1cc(OC)c([C@@H]2CCOC(=O)N2)c(OC)c1. The fourth-order valence-corrected chi connectivity index (χ4v) is 2.12. The third-order valence-corrected chi connectivity index (χ3v) is 3.03. The number of nitrogens with one attached hydrogen (secondary N) is 1. The Balaban J connectivity index is 2.44. The summed E-state index contributed by atoms with van der Waals surface area (Å²) in [6.07, 6.45) is 0.223. The fourth-order valence-electron chi connectivity index (χ4n) is 2.12. The highest BCUT2D eigenvalue weighted by Crippen LogP contribution is 2.40. The predicted octanol–water partition coefficient (Wildman–Crippen LogP) is 1.88. The number of alkyl carbamates (subject to hydrolysis) is 1. The van der Waals surface area contributed by atoms with Crippen LogP contribution in [-0.2, 0) is 4.74 Å². The average molecular weight is 267 g/mol. The van der Waals surface area contributed by atoms with Gasteiger partial charge in [-0.2, -0.15) is 0 Å². The van der Waals surface area contributed by atoms with E-state index in [-0.39, 0.29) is 6.04 Å². The monoisotopic (exact) mass is 267 g/mol. The molecule has 104 valence electrons. The molecule has 6 nitrogen and oxygen atoms in total. The van der Waals surface area contributed by atoms with Crippen molar-refractivity contribution < 1.29 is 23.7 Å². The third kappa shape index (κ3) is 2.67. The average Bonchev–Trinajstić information content (AvgIpc) is 2.45. The predicted molar refractivity (Wildman–Crippen MR) is 67.9 cm³/mol. The zero-order chi connectivity index (χ0) is 13.8. The van der Waals surface area contributed by atoms with Crippen LogP contribution < -0.4 is 19.5 Å². The number of carbonyl (C=O) groups is 1. The normalized spacial score (nSPS) is 18.3. The molecule has 1 N–H and O–H groups in total. The van der Waals surface area contributed by atoms with Crippen LogP contribution in [0, 0.1) is 0 Å². The summed E-state index contributed by atoms with van der Waals surface area (Å²) in [5.41, 5.74) is 0.794. The minimum atomic E-state index is -0.434. The van der Waals surface area contributed by atoms with E-state index in [1.165, 1.54) is 0 Å². The second-order valence-electron chi connectivity index (χ2n) is 4.07. The van der Waals surface area contributed by atoms with Gasteiger partial charge in [0.2, 0.25) is 0 Å². The first-order valence-corrected chi connectivity index (χ1v) is 5.92. The summed E-state index contributed by atoms with van der Waals surface area (Å²) in [4.78, 5) is 11.3. The van der Waals surface area contributed by atoms with Crippen LogP contribution >= 0.6 is 0 Å². The van der Waals surface area contributed by atoms with Crippen LogP contribution in [0.25, 0.3) is 0 Å². The van der Waals surface area contributed by atoms with Crippen molar-refractivity contribution in [2.24, 2.45) is 0 Å². The minimum Gasteiger partial charge on any atom is -0.496 e. The first kappa shape index (κ1) is 13.3. The van der Waals surface area contributed by atoms with E-state index >= 15 is 0 Å². The number of carbonyl (C=O) groups excluding carboxylic acids is 1. The van der Waals surface area contributed by atoms with Crippen molar-refractivity contribution >= 4 is 6.09 Å². The summed E-state index contributed by atoms with van der Waals surface area (Å²) < 4.78 is 20.8. The van der Waals surface area contributed by atoms with Crippen LogP contribution in [0.2, 0.25) is 0 Å². The fraction of sp³-hybridized carbons (Fsp3) is 0.462. The first-order valence-electron chi connectivity index (χ1n) is 5.92. The summed E-state index contributed by atoms with van der Waals surface area (Å²) >= 11 is 0. The van der Waals surface area contributed by atoms with E-state index < -0.39 is 6.09 Å². The van der Waals surface area contributed by atoms with Gasteiger partial charge in [-0.05, 0) is 0 Å². The first-order chi connectivity index (χ1) is 9.19. The Bertz CT molecular complexity index is 449. The number of ether oxygens (including phenoxy) is 4. The van der Waals surface area contributed by atoms with Gasteiger partial charge in [0, 0.05) is 18.6 Å². The topological polar surface area (TPSA) is 66.0 Å².